The molecule has 0 spiro atoms. The first-order valence-electron chi connectivity index (χ1n) is 12.5. The molecule has 37 heavy (non-hydrogen) atoms. The van der Waals surface area contributed by atoms with Crippen molar-refractivity contribution >= 4 is 21.6 Å². The smallest absolute Gasteiger partial charge is 0.417 e. The Morgan fingerprint density at radius 2 is 1.84 bits per heavy atom. The third-order valence-corrected chi connectivity index (χ3v) is 9.95. The Labute approximate surface area is 213 Å². The van der Waals surface area contributed by atoms with Gasteiger partial charge < -0.3 is 14.4 Å². The normalized spacial score (nSPS) is 23.7. The fourth-order valence-corrected chi connectivity index (χ4v) is 7.38. The first-order chi connectivity index (χ1) is 17.6. The average Bonchev–Trinajstić information content (AvgIpc) is 3.48. The van der Waals surface area contributed by atoms with Gasteiger partial charge >= 0.3 is 12.1 Å². The summed E-state index contributed by atoms with van der Waals surface area (Å²) in [6.45, 7) is 1.12. The quantitative estimate of drug-likeness (QED) is 0.509. The van der Waals surface area contributed by atoms with Gasteiger partial charge in [-0.15, -0.1) is 0 Å². The second-order valence-corrected chi connectivity index (χ2v) is 12.1. The van der Waals surface area contributed by atoms with Crippen molar-refractivity contribution in [1.29, 1.82) is 0 Å². The molecule has 8 nitrogen and oxygen atoms in total. The van der Waals surface area contributed by atoms with Gasteiger partial charge in [-0.1, -0.05) is 12.1 Å². The second-order valence-electron chi connectivity index (χ2n) is 9.93. The number of methoxy groups -OCH3 is 1. The number of alkyl halides is 3. The first kappa shape index (κ1) is 26.0. The van der Waals surface area contributed by atoms with E-state index in [-0.39, 0.29) is 24.9 Å². The third kappa shape index (κ3) is 4.85. The number of rotatable bonds is 6. The van der Waals surface area contributed by atoms with Crippen molar-refractivity contribution in [1.82, 2.24) is 9.78 Å². The van der Waals surface area contributed by atoms with Gasteiger partial charge in [0.05, 0.1) is 34.6 Å². The molecule has 0 amide bonds. The van der Waals surface area contributed by atoms with E-state index in [1.54, 1.807) is 4.90 Å². The summed E-state index contributed by atoms with van der Waals surface area (Å²) < 4.78 is 80.5. The van der Waals surface area contributed by atoms with Crippen LogP contribution < -0.4 is 4.90 Å². The molecule has 2 aliphatic heterocycles. The lowest BCUT2D eigenvalue weighted by molar-refractivity contribution is -0.142. The van der Waals surface area contributed by atoms with Crippen LogP contribution in [0, 0.1) is 0 Å². The lowest BCUT2D eigenvalue weighted by atomic mass is 9.93. The Hall–Kier alpha value is -2.60. The van der Waals surface area contributed by atoms with E-state index >= 15 is 0 Å². The molecule has 202 valence electrons. The monoisotopic (exact) mass is 541 g/mol. The molecule has 0 bridgehead atoms. The molecular formula is C25H30F3N3O5S. The fraction of sp³-hybridized carbons (Fsp3) is 0.600. The summed E-state index contributed by atoms with van der Waals surface area (Å²) >= 11 is 0. The molecule has 3 aliphatic rings. The van der Waals surface area contributed by atoms with E-state index in [0.29, 0.717) is 19.0 Å². The van der Waals surface area contributed by atoms with Crippen LogP contribution in [0.1, 0.15) is 61.7 Å². The van der Waals surface area contributed by atoms with Crippen molar-refractivity contribution in [2.24, 2.45) is 0 Å². The molecule has 2 atom stereocenters. The van der Waals surface area contributed by atoms with Crippen LogP contribution in [0.3, 0.4) is 0 Å². The summed E-state index contributed by atoms with van der Waals surface area (Å²) in [5.41, 5.74) is -0.341. The number of aromatic nitrogens is 2. The number of nitrogens with zero attached hydrogens (tertiary/aromatic N) is 3. The molecule has 0 unspecified atom stereocenters. The van der Waals surface area contributed by atoms with Gasteiger partial charge in [0.2, 0.25) is 0 Å². The Morgan fingerprint density at radius 1 is 1.14 bits per heavy atom. The zero-order chi connectivity index (χ0) is 26.4. The summed E-state index contributed by atoms with van der Waals surface area (Å²) in [5, 5.41) is 3.66. The largest absolute Gasteiger partial charge is 0.467 e. The lowest BCUT2D eigenvalue weighted by Gasteiger charge is -2.32. The molecule has 1 saturated carbocycles. The minimum Gasteiger partial charge on any atom is -0.467 e. The number of sulfone groups is 1. The number of esters is 1. The van der Waals surface area contributed by atoms with Gasteiger partial charge in [-0.3, -0.25) is 0 Å². The molecule has 1 aromatic carbocycles. The van der Waals surface area contributed by atoms with Gasteiger partial charge in [0.25, 0.3) is 0 Å². The van der Waals surface area contributed by atoms with Crippen molar-refractivity contribution in [3.8, 4) is 0 Å². The van der Waals surface area contributed by atoms with Crippen LogP contribution in [0.4, 0.5) is 19.0 Å². The number of carbonyl (C=O) groups is 1. The van der Waals surface area contributed by atoms with Gasteiger partial charge in [0.1, 0.15) is 11.9 Å². The van der Waals surface area contributed by atoms with Crippen molar-refractivity contribution < 1.29 is 35.9 Å². The van der Waals surface area contributed by atoms with Gasteiger partial charge in [-0.05, 0) is 50.7 Å². The summed E-state index contributed by atoms with van der Waals surface area (Å²) in [4.78, 5) is 13.7. The number of hydrogen-bond donors (Lipinski definition) is 0. The van der Waals surface area contributed by atoms with Gasteiger partial charge in [-0.25, -0.2) is 17.9 Å². The highest BCUT2D eigenvalue weighted by molar-refractivity contribution is 7.92. The van der Waals surface area contributed by atoms with Gasteiger partial charge in [0.15, 0.2) is 9.84 Å². The minimum atomic E-state index is -4.83. The molecule has 5 rings (SSSR count). The predicted molar refractivity (Wildman–Crippen MR) is 128 cm³/mol. The van der Waals surface area contributed by atoms with Crippen molar-refractivity contribution in [2.45, 2.75) is 72.8 Å². The van der Waals surface area contributed by atoms with Crippen molar-refractivity contribution in [2.75, 3.05) is 31.8 Å². The van der Waals surface area contributed by atoms with Gasteiger partial charge in [0, 0.05) is 31.7 Å². The number of halogens is 3. The number of hydrogen-bond acceptors (Lipinski definition) is 7. The zero-order valence-corrected chi connectivity index (χ0v) is 21.3. The molecule has 2 saturated heterocycles. The zero-order valence-electron chi connectivity index (χ0n) is 20.5. The highest BCUT2D eigenvalue weighted by atomic mass is 32.2. The van der Waals surface area contributed by atoms with Crippen molar-refractivity contribution in [3.05, 3.63) is 41.6 Å². The molecule has 12 heteroatoms. The van der Waals surface area contributed by atoms with Gasteiger partial charge in [-0.2, -0.15) is 18.3 Å². The number of carbonyl (C=O) groups excluding carboxylic acids is 1. The second kappa shape index (κ2) is 9.94. The predicted octanol–water partition coefficient (Wildman–Crippen LogP) is 4.12. The molecular weight excluding hydrogens is 511 g/mol. The van der Waals surface area contributed by atoms with Crippen LogP contribution >= 0.6 is 0 Å². The molecule has 0 N–H and O–H groups in total. The van der Waals surface area contributed by atoms with Crippen LogP contribution in [0.15, 0.2) is 35.2 Å². The maximum absolute atomic E-state index is 13.7. The van der Waals surface area contributed by atoms with E-state index in [0.717, 1.165) is 56.0 Å². The molecule has 3 heterocycles. The Balaban J connectivity index is 1.53. The van der Waals surface area contributed by atoms with E-state index in [1.165, 1.54) is 13.2 Å². The minimum absolute atomic E-state index is 0.128. The Kier molecular flexibility index (Phi) is 6.99. The lowest BCUT2D eigenvalue weighted by Crippen LogP contribution is -2.39. The number of ether oxygens (including phenoxy) is 2. The molecule has 3 fully saturated rings. The summed E-state index contributed by atoms with van der Waals surface area (Å²) in [6.07, 6.45) is -0.505. The summed E-state index contributed by atoms with van der Waals surface area (Å²) in [5.74, 6) is 0.172. The van der Waals surface area contributed by atoms with E-state index in [2.05, 4.69) is 0 Å². The molecule has 1 aliphatic carbocycles. The van der Waals surface area contributed by atoms with Crippen LogP contribution in [0.5, 0.6) is 0 Å². The first-order valence-corrected chi connectivity index (χ1v) is 14.1. The highest BCUT2D eigenvalue weighted by Crippen LogP contribution is 2.42. The average molecular weight is 542 g/mol. The van der Waals surface area contributed by atoms with E-state index in [4.69, 9.17) is 14.6 Å². The van der Waals surface area contributed by atoms with E-state index in [9.17, 15) is 26.4 Å². The van der Waals surface area contributed by atoms with Crippen LogP contribution in [-0.4, -0.2) is 62.3 Å². The van der Waals surface area contributed by atoms with Crippen molar-refractivity contribution in [3.63, 3.8) is 0 Å². The van der Waals surface area contributed by atoms with Crippen LogP contribution in [0.2, 0.25) is 0 Å². The van der Waals surface area contributed by atoms with E-state index < -0.39 is 43.7 Å². The molecule has 2 aromatic rings. The molecule has 0 radical (unpaired) electrons. The standard InChI is InChI=1S/C25H30F3N3O5S/c1-35-24(32)21-13-18(37(33,34)22-8-3-2-7-19(22)25(26,27)28)15-30(21)23-14-20(16-9-11-36-12-10-16)29-31(23)17-5-4-6-17/h2-3,7-8,14,16-18,21H,4-6,9-13,15H2,1H3/t18-,21+/m1/s1. The molecule has 1 aromatic heterocycles. The Bertz CT molecular complexity index is 1250. The van der Waals surface area contributed by atoms with E-state index in [1.807, 2.05) is 10.7 Å². The van der Waals surface area contributed by atoms with Crippen LogP contribution in [-0.2, 0) is 30.3 Å². The summed E-state index contributed by atoms with van der Waals surface area (Å²) in [7, 11) is -3.20. The summed E-state index contributed by atoms with van der Waals surface area (Å²) in [6, 6.07) is 5.26. The fourth-order valence-electron chi connectivity index (χ4n) is 5.47. The third-order valence-electron chi connectivity index (χ3n) is 7.76. The number of anilines is 1. The maximum atomic E-state index is 13.7. The Morgan fingerprint density at radius 3 is 2.46 bits per heavy atom. The topological polar surface area (TPSA) is 90.7 Å². The number of benzene rings is 1. The van der Waals surface area contributed by atoms with Crippen LogP contribution in [0.25, 0.3) is 0 Å². The highest BCUT2D eigenvalue weighted by Gasteiger charge is 2.48. The maximum Gasteiger partial charge on any atom is 0.417 e. The SMILES string of the molecule is COC(=O)[C@@H]1C[C@@H](S(=O)(=O)c2ccccc2C(F)(F)F)CN1c1cc(C2CCOCC2)nn1C1CCC1.